The molecule has 0 aliphatic heterocycles. The summed E-state index contributed by atoms with van der Waals surface area (Å²) < 4.78 is 4.40. The maximum atomic E-state index is 12.3. The fraction of sp³-hybridized carbons (Fsp3) is 0.667. The second-order valence-corrected chi connectivity index (χ2v) is 6.79. The third-order valence-corrected chi connectivity index (χ3v) is 6.43. The molecule has 3 rings (SSSR count). The van der Waals surface area contributed by atoms with Gasteiger partial charge in [0.15, 0.2) is 0 Å². The number of carbonyl (C=O) groups excluding carboxylic acids is 1. The van der Waals surface area contributed by atoms with E-state index < -0.39 is 10.3 Å². The second-order valence-electron chi connectivity index (χ2n) is 5.71. The third kappa shape index (κ3) is 1.53. The Morgan fingerprint density at radius 3 is 2.89 bits per heavy atom. The molecule has 1 fully saturated rings. The molecule has 3 aliphatic rings. The van der Waals surface area contributed by atoms with E-state index in [1.165, 1.54) is 18.9 Å². The van der Waals surface area contributed by atoms with Gasteiger partial charge in [0.1, 0.15) is 4.75 Å². The predicted molar refractivity (Wildman–Crippen MR) is 75.9 cm³/mol. The van der Waals surface area contributed by atoms with Crippen LogP contribution >= 0.6 is 11.8 Å². The zero-order valence-electron chi connectivity index (χ0n) is 11.4. The molecule has 0 spiro atoms. The molecule has 0 amide bonds. The highest BCUT2D eigenvalue weighted by Crippen LogP contribution is 2.62. The van der Waals surface area contributed by atoms with Crippen LogP contribution in [0.1, 0.15) is 25.7 Å². The maximum Gasteiger partial charge on any atom is 0.323 e. The van der Waals surface area contributed by atoms with E-state index in [0.29, 0.717) is 6.42 Å². The number of aliphatic hydroxyl groups is 1. The van der Waals surface area contributed by atoms with Gasteiger partial charge in [0.05, 0.1) is 12.7 Å². The van der Waals surface area contributed by atoms with Crippen molar-refractivity contribution < 1.29 is 14.6 Å². The minimum absolute atomic E-state index is 0.0754. The van der Waals surface area contributed by atoms with E-state index >= 15 is 0 Å². The lowest BCUT2D eigenvalue weighted by Crippen LogP contribution is -2.47. The van der Waals surface area contributed by atoms with Crippen LogP contribution in [0.15, 0.2) is 23.8 Å². The largest absolute Gasteiger partial charge is 0.468 e. The predicted octanol–water partition coefficient (Wildman–Crippen LogP) is 2.31. The monoisotopic (exact) mass is 280 g/mol. The molecule has 3 nitrogen and oxygen atoms in total. The molecule has 0 aromatic rings. The van der Waals surface area contributed by atoms with Crippen LogP contribution in [0.25, 0.3) is 0 Å². The van der Waals surface area contributed by atoms with Crippen molar-refractivity contribution in [2.24, 2.45) is 11.8 Å². The Morgan fingerprint density at radius 1 is 1.53 bits per heavy atom. The van der Waals surface area contributed by atoms with E-state index in [4.69, 9.17) is 4.74 Å². The molecule has 104 valence electrons. The van der Waals surface area contributed by atoms with Crippen LogP contribution in [0.4, 0.5) is 0 Å². The molecule has 0 heterocycles. The van der Waals surface area contributed by atoms with Crippen molar-refractivity contribution in [3.8, 4) is 0 Å². The van der Waals surface area contributed by atoms with E-state index in [9.17, 15) is 9.90 Å². The van der Waals surface area contributed by atoms with Gasteiger partial charge < -0.3 is 9.84 Å². The number of carbonyl (C=O) groups is 1. The third-order valence-electron chi connectivity index (χ3n) is 5.03. The van der Waals surface area contributed by atoms with Crippen LogP contribution < -0.4 is 0 Å². The highest BCUT2D eigenvalue weighted by molar-refractivity contribution is 8.00. The van der Waals surface area contributed by atoms with Gasteiger partial charge in [0, 0.05) is 11.8 Å². The van der Waals surface area contributed by atoms with E-state index in [1.54, 1.807) is 0 Å². The van der Waals surface area contributed by atoms with E-state index in [1.807, 2.05) is 12.3 Å². The van der Waals surface area contributed by atoms with Gasteiger partial charge in [0.25, 0.3) is 0 Å². The van der Waals surface area contributed by atoms with Crippen molar-refractivity contribution in [3.63, 3.8) is 0 Å². The summed E-state index contributed by atoms with van der Waals surface area (Å²) in [5.74, 6) is -0.280. The van der Waals surface area contributed by atoms with E-state index in [-0.39, 0.29) is 17.8 Å². The van der Waals surface area contributed by atoms with Gasteiger partial charge in [-0.3, -0.25) is 4.79 Å². The summed E-state index contributed by atoms with van der Waals surface area (Å²) in [6, 6.07) is 0. The Kier molecular flexibility index (Phi) is 3.06. The van der Waals surface area contributed by atoms with Crippen LogP contribution in [0.5, 0.6) is 0 Å². The number of ether oxygens (including phenoxy) is 1. The van der Waals surface area contributed by atoms with Crippen molar-refractivity contribution in [2.45, 2.75) is 36.0 Å². The average molecular weight is 280 g/mol. The summed E-state index contributed by atoms with van der Waals surface area (Å²) in [5.41, 5.74) is 0.291. The van der Waals surface area contributed by atoms with Crippen molar-refractivity contribution in [1.29, 1.82) is 0 Å². The number of hydrogen-bond donors (Lipinski definition) is 1. The van der Waals surface area contributed by atoms with Crippen LogP contribution in [0.2, 0.25) is 0 Å². The van der Waals surface area contributed by atoms with Crippen LogP contribution in [0, 0.1) is 11.8 Å². The highest BCUT2D eigenvalue weighted by atomic mass is 32.2. The highest BCUT2D eigenvalue weighted by Gasteiger charge is 2.67. The van der Waals surface area contributed by atoms with E-state index in [0.717, 1.165) is 24.8 Å². The summed E-state index contributed by atoms with van der Waals surface area (Å²) in [5, 5.41) is 11.2. The van der Waals surface area contributed by atoms with Crippen molar-refractivity contribution in [2.75, 3.05) is 13.4 Å². The smallest absolute Gasteiger partial charge is 0.323 e. The minimum Gasteiger partial charge on any atom is -0.468 e. The minimum atomic E-state index is -0.840. The fourth-order valence-corrected chi connectivity index (χ4v) is 5.39. The first kappa shape index (κ1) is 13.3. The Labute approximate surface area is 118 Å². The summed E-state index contributed by atoms with van der Waals surface area (Å²) in [6.07, 6.45) is 12.0. The molecule has 1 saturated carbocycles. The number of fused-ring (bicyclic) bond motifs is 2. The number of esters is 1. The Balaban J connectivity index is 2.02. The summed E-state index contributed by atoms with van der Waals surface area (Å²) in [7, 11) is 1.44. The first-order valence-corrected chi connectivity index (χ1v) is 8.06. The fourth-order valence-electron chi connectivity index (χ4n) is 4.15. The van der Waals surface area contributed by atoms with Crippen LogP contribution in [0.3, 0.4) is 0 Å². The standard InChI is InChI=1S/C15H20O3S/c1-18-13(16)15(19-2)11-7-8-12(15)14(17,9-11)10-5-3-4-6-10/h5,7-8,11-12,17H,3-4,6,9H2,1-2H3. The van der Waals surface area contributed by atoms with Crippen molar-refractivity contribution in [1.82, 2.24) is 0 Å². The quantitative estimate of drug-likeness (QED) is 0.636. The molecule has 2 bridgehead atoms. The molecule has 0 aromatic carbocycles. The lowest BCUT2D eigenvalue weighted by atomic mass is 9.79. The van der Waals surface area contributed by atoms with Gasteiger partial charge in [-0.05, 0) is 37.5 Å². The lowest BCUT2D eigenvalue weighted by Gasteiger charge is -2.35. The Hall–Kier alpha value is -0.740. The molecule has 0 radical (unpaired) electrons. The van der Waals surface area contributed by atoms with Gasteiger partial charge in [0.2, 0.25) is 0 Å². The molecular weight excluding hydrogens is 260 g/mol. The normalized spacial score (nSPS) is 43.6. The molecular formula is C15H20O3S. The zero-order valence-corrected chi connectivity index (χ0v) is 12.2. The number of thioether (sulfide) groups is 1. The topological polar surface area (TPSA) is 46.5 Å². The summed E-state index contributed by atoms with van der Waals surface area (Å²) in [6.45, 7) is 0. The summed E-state index contributed by atoms with van der Waals surface area (Å²) >= 11 is 1.53. The second kappa shape index (κ2) is 4.38. The maximum absolute atomic E-state index is 12.3. The lowest BCUT2D eigenvalue weighted by molar-refractivity contribution is -0.145. The van der Waals surface area contributed by atoms with Gasteiger partial charge in [-0.25, -0.2) is 0 Å². The molecule has 4 unspecified atom stereocenters. The number of hydrogen-bond acceptors (Lipinski definition) is 4. The molecule has 19 heavy (non-hydrogen) atoms. The zero-order chi connectivity index (χ0) is 13.7. The Morgan fingerprint density at radius 2 is 2.32 bits per heavy atom. The molecule has 4 atom stereocenters. The van der Waals surface area contributed by atoms with E-state index in [2.05, 4.69) is 12.2 Å². The molecule has 3 aliphatic carbocycles. The SMILES string of the molecule is COC(=O)C1(SC)C2C=CC1C(O)(C1=CCCC1)C2. The number of rotatable bonds is 3. The Bertz CT molecular complexity index is 470. The molecule has 0 saturated heterocycles. The van der Waals surface area contributed by atoms with Gasteiger partial charge in [-0.2, -0.15) is 0 Å². The molecule has 4 heteroatoms. The van der Waals surface area contributed by atoms with Gasteiger partial charge >= 0.3 is 5.97 Å². The first-order chi connectivity index (χ1) is 9.09. The van der Waals surface area contributed by atoms with Crippen LogP contribution in [-0.4, -0.2) is 34.8 Å². The summed E-state index contributed by atoms with van der Waals surface area (Å²) in [4.78, 5) is 12.3. The van der Waals surface area contributed by atoms with Crippen molar-refractivity contribution >= 4 is 17.7 Å². The molecule has 0 aromatic heterocycles. The number of methoxy groups -OCH3 is 1. The molecule has 1 N–H and O–H groups in total. The van der Waals surface area contributed by atoms with Crippen LogP contribution in [-0.2, 0) is 9.53 Å². The number of allylic oxidation sites excluding steroid dienone is 2. The average Bonchev–Trinajstić information content (AvgIpc) is 3.11. The van der Waals surface area contributed by atoms with Gasteiger partial charge in [-0.1, -0.05) is 18.2 Å². The van der Waals surface area contributed by atoms with Crippen molar-refractivity contribution in [3.05, 3.63) is 23.8 Å². The van der Waals surface area contributed by atoms with Gasteiger partial charge in [-0.15, -0.1) is 11.8 Å². The first-order valence-electron chi connectivity index (χ1n) is 6.83.